The molecular weight excluding hydrogens is 410 g/mol. The topological polar surface area (TPSA) is 60.4 Å². The Kier molecular flexibility index (Phi) is 6.74. The van der Waals surface area contributed by atoms with Gasteiger partial charge in [0.15, 0.2) is 11.6 Å². The lowest BCUT2D eigenvalue weighted by molar-refractivity contribution is 0.420. The number of piperidine rings is 1. The quantitative estimate of drug-likeness (QED) is 0.562. The van der Waals surface area contributed by atoms with Crippen molar-refractivity contribution in [3.63, 3.8) is 0 Å². The second-order valence-electron chi connectivity index (χ2n) is 8.55. The van der Waals surface area contributed by atoms with E-state index >= 15 is 0 Å². The maximum atomic E-state index is 13.9. The van der Waals surface area contributed by atoms with E-state index < -0.39 is 11.6 Å². The van der Waals surface area contributed by atoms with E-state index in [0.717, 1.165) is 67.7 Å². The number of hydrogen-bond acceptors (Lipinski definition) is 5. The fourth-order valence-corrected chi connectivity index (χ4v) is 4.37. The van der Waals surface area contributed by atoms with Crippen LogP contribution in [0.1, 0.15) is 37.3 Å². The number of fused-ring (bicyclic) bond motifs is 1. The van der Waals surface area contributed by atoms with Gasteiger partial charge in [-0.1, -0.05) is 0 Å². The van der Waals surface area contributed by atoms with Crippen LogP contribution in [0.4, 0.5) is 14.5 Å². The predicted octanol–water partition coefficient (Wildman–Crippen LogP) is 4.86. The van der Waals surface area contributed by atoms with Crippen LogP contribution in [-0.4, -0.2) is 38.4 Å². The first-order valence-corrected chi connectivity index (χ1v) is 11.2. The lowest BCUT2D eigenvalue weighted by atomic mass is 9.92. The standard InChI is InChI=1S/C25H30F2N4O/c1-16-3-5-21-24(31(16)2)8-6-20(17(14-28)15-30-18-9-11-29-12-10-18)25(21)32-19-4-7-22(26)23(27)13-19/h4,6-8,13-16,18,28-30H,3,5,9-12H2,1-2H3/b17-15+,28-14?. The van der Waals surface area contributed by atoms with Gasteiger partial charge in [0.2, 0.25) is 0 Å². The summed E-state index contributed by atoms with van der Waals surface area (Å²) in [4.78, 5) is 2.21. The number of hydrogen-bond donors (Lipinski definition) is 3. The molecule has 32 heavy (non-hydrogen) atoms. The van der Waals surface area contributed by atoms with Crippen LogP contribution >= 0.6 is 0 Å². The molecule has 3 N–H and O–H groups in total. The van der Waals surface area contributed by atoms with Crippen LogP contribution in [-0.2, 0) is 6.42 Å². The van der Waals surface area contributed by atoms with Gasteiger partial charge in [-0.05, 0) is 70.0 Å². The highest BCUT2D eigenvalue weighted by Gasteiger charge is 2.26. The fourth-order valence-electron chi connectivity index (χ4n) is 4.37. The Morgan fingerprint density at radius 3 is 2.66 bits per heavy atom. The van der Waals surface area contributed by atoms with Crippen molar-refractivity contribution in [1.29, 1.82) is 5.41 Å². The highest BCUT2D eigenvalue weighted by atomic mass is 19.2. The van der Waals surface area contributed by atoms with E-state index in [0.29, 0.717) is 23.4 Å². The van der Waals surface area contributed by atoms with E-state index in [1.807, 2.05) is 12.3 Å². The summed E-state index contributed by atoms with van der Waals surface area (Å²) in [6.07, 6.45) is 6.99. The number of allylic oxidation sites excluding steroid dienone is 1. The van der Waals surface area contributed by atoms with Gasteiger partial charge in [-0.3, -0.25) is 0 Å². The van der Waals surface area contributed by atoms with Crippen molar-refractivity contribution in [2.45, 2.75) is 44.7 Å². The van der Waals surface area contributed by atoms with Crippen molar-refractivity contribution in [2.75, 3.05) is 25.0 Å². The molecule has 2 heterocycles. The molecule has 7 heteroatoms. The third-order valence-electron chi connectivity index (χ3n) is 6.48. The molecule has 0 aliphatic carbocycles. The number of rotatable bonds is 6. The zero-order valence-corrected chi connectivity index (χ0v) is 18.6. The van der Waals surface area contributed by atoms with Crippen LogP contribution < -0.4 is 20.3 Å². The van der Waals surface area contributed by atoms with Crippen molar-refractivity contribution >= 4 is 17.5 Å². The molecule has 0 amide bonds. The third-order valence-corrected chi connectivity index (χ3v) is 6.48. The predicted molar refractivity (Wildman–Crippen MR) is 125 cm³/mol. The number of anilines is 1. The van der Waals surface area contributed by atoms with E-state index in [-0.39, 0.29) is 5.75 Å². The van der Waals surface area contributed by atoms with Gasteiger partial charge in [0, 0.05) is 60.0 Å². The van der Waals surface area contributed by atoms with Crippen molar-refractivity contribution in [3.8, 4) is 11.5 Å². The van der Waals surface area contributed by atoms with Crippen LogP contribution in [0.5, 0.6) is 11.5 Å². The number of nitrogens with zero attached hydrogens (tertiary/aromatic N) is 1. The molecule has 0 aromatic heterocycles. The summed E-state index contributed by atoms with van der Waals surface area (Å²) in [6, 6.07) is 8.31. The number of benzene rings is 2. The molecule has 0 bridgehead atoms. The smallest absolute Gasteiger partial charge is 0.162 e. The second-order valence-corrected chi connectivity index (χ2v) is 8.55. The fraction of sp³-hybridized carbons (Fsp3) is 0.400. The molecule has 170 valence electrons. The van der Waals surface area contributed by atoms with E-state index in [4.69, 9.17) is 10.1 Å². The monoisotopic (exact) mass is 440 g/mol. The van der Waals surface area contributed by atoms with Crippen LogP contribution in [0, 0.1) is 17.0 Å². The Balaban J connectivity index is 1.74. The molecule has 0 radical (unpaired) electrons. The maximum Gasteiger partial charge on any atom is 0.162 e. The van der Waals surface area contributed by atoms with Gasteiger partial charge in [-0.2, -0.15) is 0 Å². The van der Waals surface area contributed by atoms with Crippen LogP contribution in [0.15, 0.2) is 36.5 Å². The van der Waals surface area contributed by atoms with E-state index in [2.05, 4.69) is 35.6 Å². The molecule has 2 aliphatic heterocycles. The molecule has 4 rings (SSSR count). The molecule has 0 saturated carbocycles. The Hall–Kier alpha value is -2.93. The normalized spacial score (nSPS) is 19.4. The van der Waals surface area contributed by atoms with Gasteiger partial charge in [-0.25, -0.2) is 8.78 Å². The maximum absolute atomic E-state index is 13.9. The van der Waals surface area contributed by atoms with Gasteiger partial charge in [0.05, 0.1) is 0 Å². The van der Waals surface area contributed by atoms with Crippen LogP contribution in [0.3, 0.4) is 0 Å². The average Bonchev–Trinajstić information content (AvgIpc) is 2.80. The number of halogens is 2. The highest BCUT2D eigenvalue weighted by molar-refractivity contribution is 6.09. The first kappa shape index (κ1) is 22.3. The van der Waals surface area contributed by atoms with Gasteiger partial charge in [0.25, 0.3) is 0 Å². The van der Waals surface area contributed by atoms with Crippen LogP contribution in [0.2, 0.25) is 0 Å². The first-order valence-electron chi connectivity index (χ1n) is 11.2. The Labute approximate surface area is 188 Å². The molecule has 1 atom stereocenters. The lowest BCUT2D eigenvalue weighted by Crippen LogP contribution is -2.37. The molecule has 2 aromatic rings. The summed E-state index contributed by atoms with van der Waals surface area (Å²) in [6.45, 7) is 4.12. The minimum absolute atomic E-state index is 0.232. The van der Waals surface area contributed by atoms with Crippen molar-refractivity contribution in [1.82, 2.24) is 10.6 Å². The molecule has 5 nitrogen and oxygen atoms in total. The Bertz CT molecular complexity index is 1020. The SMILES string of the molecule is CC1CCc2c(ccc(/C(C=N)=C/NC3CCNCC3)c2Oc2ccc(F)c(F)c2)N1C. The minimum atomic E-state index is -0.949. The summed E-state index contributed by atoms with van der Waals surface area (Å²) in [5.74, 6) is -1.04. The largest absolute Gasteiger partial charge is 0.456 e. The van der Waals surface area contributed by atoms with Crippen LogP contribution in [0.25, 0.3) is 5.57 Å². The number of nitrogens with one attached hydrogen (secondary N) is 3. The van der Waals surface area contributed by atoms with Crippen molar-refractivity contribution in [2.24, 2.45) is 0 Å². The first-order chi connectivity index (χ1) is 15.5. The third kappa shape index (κ3) is 4.63. The van der Waals surface area contributed by atoms with Gasteiger partial charge in [-0.15, -0.1) is 0 Å². The Morgan fingerprint density at radius 1 is 1.16 bits per heavy atom. The summed E-state index contributed by atoms with van der Waals surface area (Å²) >= 11 is 0. The Morgan fingerprint density at radius 2 is 1.94 bits per heavy atom. The summed E-state index contributed by atoms with van der Waals surface area (Å²) < 4.78 is 33.5. The molecule has 0 spiro atoms. The molecule has 2 aromatic carbocycles. The van der Waals surface area contributed by atoms with E-state index in [9.17, 15) is 8.78 Å². The minimum Gasteiger partial charge on any atom is -0.456 e. The average molecular weight is 441 g/mol. The molecule has 1 unspecified atom stereocenters. The highest BCUT2D eigenvalue weighted by Crippen LogP contribution is 2.42. The zero-order chi connectivity index (χ0) is 22.7. The second kappa shape index (κ2) is 9.69. The summed E-state index contributed by atoms with van der Waals surface area (Å²) in [7, 11) is 2.05. The summed E-state index contributed by atoms with van der Waals surface area (Å²) in [5.41, 5.74) is 3.52. The molecule has 2 aliphatic rings. The zero-order valence-electron chi connectivity index (χ0n) is 18.6. The van der Waals surface area contributed by atoms with E-state index in [1.54, 1.807) is 0 Å². The number of ether oxygens (including phenoxy) is 1. The lowest BCUT2D eigenvalue weighted by Gasteiger charge is -2.35. The molecule has 1 fully saturated rings. The van der Waals surface area contributed by atoms with Gasteiger partial charge >= 0.3 is 0 Å². The summed E-state index contributed by atoms with van der Waals surface area (Å²) in [5, 5.41) is 14.8. The van der Waals surface area contributed by atoms with Crippen molar-refractivity contribution in [3.05, 3.63) is 59.3 Å². The molecule has 1 saturated heterocycles. The van der Waals surface area contributed by atoms with Gasteiger partial charge in [0.1, 0.15) is 11.5 Å². The van der Waals surface area contributed by atoms with Gasteiger partial charge < -0.3 is 25.7 Å². The molecular formula is C25H30F2N4O. The van der Waals surface area contributed by atoms with Crippen molar-refractivity contribution < 1.29 is 13.5 Å². The van der Waals surface area contributed by atoms with E-state index in [1.165, 1.54) is 12.3 Å².